The van der Waals surface area contributed by atoms with Gasteiger partial charge in [0.2, 0.25) is 5.91 Å². The first-order valence-electron chi connectivity index (χ1n) is 9.22. The van der Waals surface area contributed by atoms with Gasteiger partial charge in [0, 0.05) is 39.2 Å². The molecule has 1 unspecified atom stereocenters. The quantitative estimate of drug-likeness (QED) is 0.591. The summed E-state index contributed by atoms with van der Waals surface area (Å²) in [6.07, 6.45) is -1.91. The molecule has 2 fully saturated rings. The number of piperazine rings is 1. The van der Waals surface area contributed by atoms with Gasteiger partial charge in [0.05, 0.1) is 18.8 Å². The second-order valence-electron chi connectivity index (χ2n) is 6.75. The van der Waals surface area contributed by atoms with Crippen molar-refractivity contribution >= 4 is 17.7 Å². The Bertz CT molecular complexity index is 713. The molecule has 3 rings (SSSR count). The largest absolute Gasteiger partial charge is 0.486 e. The van der Waals surface area contributed by atoms with E-state index in [0.717, 1.165) is 13.1 Å². The van der Waals surface area contributed by atoms with Crippen molar-refractivity contribution in [1.29, 1.82) is 0 Å². The van der Waals surface area contributed by atoms with Crippen molar-refractivity contribution in [3.63, 3.8) is 0 Å². The van der Waals surface area contributed by atoms with E-state index in [1.165, 1.54) is 24.0 Å². The van der Waals surface area contributed by atoms with Gasteiger partial charge in [-0.3, -0.25) is 14.6 Å². The molecule has 3 N–H and O–H groups in total. The van der Waals surface area contributed by atoms with Crippen LogP contribution in [-0.2, 0) is 9.53 Å². The van der Waals surface area contributed by atoms with Crippen LogP contribution < -0.4 is 20.3 Å². The Labute approximate surface area is 162 Å². The lowest BCUT2D eigenvalue weighted by atomic mass is 10.2. The van der Waals surface area contributed by atoms with Gasteiger partial charge in [-0.15, -0.1) is 0 Å². The lowest BCUT2D eigenvalue weighted by Gasteiger charge is -2.31. The number of nitrogens with zero attached hydrogens (tertiary/aromatic N) is 2. The molecule has 2 saturated heterocycles. The summed E-state index contributed by atoms with van der Waals surface area (Å²) >= 11 is 0. The molecule has 0 aliphatic carbocycles. The Balaban J connectivity index is 1.56. The van der Waals surface area contributed by atoms with Gasteiger partial charge in [-0.25, -0.2) is 9.18 Å². The van der Waals surface area contributed by atoms with E-state index in [2.05, 4.69) is 10.6 Å². The molecule has 0 radical (unpaired) electrons. The van der Waals surface area contributed by atoms with Crippen LogP contribution in [0.3, 0.4) is 0 Å². The van der Waals surface area contributed by atoms with E-state index in [1.54, 1.807) is 6.07 Å². The fourth-order valence-electron chi connectivity index (χ4n) is 3.12. The number of carbonyl (C=O) groups is 2. The maximum Gasteiger partial charge on any atom is 0.414 e. The normalized spacial score (nSPS) is 21.3. The number of carbonyl (C=O) groups excluding carboxylic acids is 2. The molecule has 2 aliphatic rings. The summed E-state index contributed by atoms with van der Waals surface area (Å²) in [6, 6.07) is 4.16. The number of ether oxygens (including phenoxy) is 2. The van der Waals surface area contributed by atoms with Crippen molar-refractivity contribution in [2.24, 2.45) is 0 Å². The van der Waals surface area contributed by atoms with Crippen molar-refractivity contribution in [1.82, 2.24) is 15.5 Å². The fraction of sp³-hybridized carbons (Fsp3) is 0.556. The summed E-state index contributed by atoms with van der Waals surface area (Å²) in [5.74, 6) is -0.853. The molecule has 0 spiro atoms. The van der Waals surface area contributed by atoms with E-state index >= 15 is 0 Å². The first-order chi connectivity index (χ1) is 13.4. The zero-order chi connectivity index (χ0) is 20.1. The maximum absolute atomic E-state index is 14.4. The highest BCUT2D eigenvalue weighted by atomic mass is 19.1. The van der Waals surface area contributed by atoms with Crippen LogP contribution in [0.4, 0.5) is 14.9 Å². The maximum atomic E-state index is 14.4. The number of hydrogen-bond donors (Lipinski definition) is 3. The molecule has 2 aliphatic heterocycles. The van der Waals surface area contributed by atoms with Crippen LogP contribution in [0.15, 0.2) is 18.2 Å². The molecule has 0 aromatic heterocycles. The van der Waals surface area contributed by atoms with E-state index in [9.17, 15) is 19.1 Å². The highest BCUT2D eigenvalue weighted by Gasteiger charge is 2.32. The van der Waals surface area contributed by atoms with Crippen molar-refractivity contribution in [3.05, 3.63) is 24.0 Å². The van der Waals surface area contributed by atoms with Gasteiger partial charge in [-0.1, -0.05) is 0 Å². The number of nitrogens with one attached hydrogen (secondary N) is 2. The number of anilines is 1. The van der Waals surface area contributed by atoms with Crippen LogP contribution in [-0.4, -0.2) is 80.2 Å². The van der Waals surface area contributed by atoms with Gasteiger partial charge in [0.1, 0.15) is 18.9 Å². The minimum atomic E-state index is -0.815. The van der Waals surface area contributed by atoms with Crippen molar-refractivity contribution in [2.75, 3.05) is 50.8 Å². The minimum absolute atomic E-state index is 0.000273. The average Bonchev–Trinajstić information content (AvgIpc) is 3.06. The number of aliphatic hydroxyl groups excluding tert-OH is 1. The van der Waals surface area contributed by atoms with Gasteiger partial charge in [-0.2, -0.15) is 0 Å². The lowest BCUT2D eigenvalue weighted by Crippen LogP contribution is -2.50. The number of benzene rings is 1. The summed E-state index contributed by atoms with van der Waals surface area (Å²) in [6.45, 7) is 4.70. The molecule has 1 aromatic rings. The second kappa shape index (κ2) is 9.18. The molecular formula is C18H25FN4O5. The zero-order valence-corrected chi connectivity index (χ0v) is 15.7. The number of amides is 2. The molecule has 28 heavy (non-hydrogen) atoms. The summed E-state index contributed by atoms with van der Waals surface area (Å²) in [5.41, 5.74) is 0.336. The smallest absolute Gasteiger partial charge is 0.414 e. The van der Waals surface area contributed by atoms with Gasteiger partial charge in [0.15, 0.2) is 11.6 Å². The monoisotopic (exact) mass is 396 g/mol. The molecule has 2 amide bonds. The Morgan fingerprint density at radius 3 is 2.89 bits per heavy atom. The number of rotatable bonds is 7. The Hall–Kier alpha value is -2.43. The summed E-state index contributed by atoms with van der Waals surface area (Å²) in [4.78, 5) is 26.1. The van der Waals surface area contributed by atoms with Crippen LogP contribution in [0.25, 0.3) is 0 Å². The molecule has 154 valence electrons. The fourth-order valence-corrected chi connectivity index (χ4v) is 3.12. The van der Waals surface area contributed by atoms with Crippen LogP contribution in [0.5, 0.6) is 5.75 Å². The lowest BCUT2D eigenvalue weighted by molar-refractivity contribution is -0.119. The second-order valence-corrected chi connectivity index (χ2v) is 6.75. The van der Waals surface area contributed by atoms with Gasteiger partial charge in [0.25, 0.3) is 0 Å². The van der Waals surface area contributed by atoms with Gasteiger partial charge >= 0.3 is 6.09 Å². The van der Waals surface area contributed by atoms with Crippen LogP contribution in [0.2, 0.25) is 0 Å². The number of cyclic esters (lactones) is 1. The predicted octanol–water partition coefficient (Wildman–Crippen LogP) is -0.111. The van der Waals surface area contributed by atoms with E-state index in [1.807, 2.05) is 4.90 Å². The van der Waals surface area contributed by atoms with E-state index in [0.29, 0.717) is 18.8 Å². The first-order valence-corrected chi connectivity index (χ1v) is 9.22. The third kappa shape index (κ3) is 5.09. The molecule has 0 bridgehead atoms. The van der Waals surface area contributed by atoms with E-state index in [4.69, 9.17) is 9.47 Å². The van der Waals surface area contributed by atoms with E-state index < -0.39 is 24.2 Å². The molecule has 0 saturated carbocycles. The van der Waals surface area contributed by atoms with Crippen LogP contribution >= 0.6 is 0 Å². The Morgan fingerprint density at radius 2 is 2.21 bits per heavy atom. The average molecular weight is 396 g/mol. The minimum Gasteiger partial charge on any atom is -0.486 e. The predicted molar refractivity (Wildman–Crippen MR) is 98.6 cm³/mol. The third-order valence-corrected chi connectivity index (χ3v) is 4.64. The van der Waals surface area contributed by atoms with Crippen molar-refractivity contribution in [2.45, 2.75) is 19.3 Å². The molecule has 2 heterocycles. The highest BCUT2D eigenvalue weighted by Crippen LogP contribution is 2.27. The molecule has 10 heteroatoms. The molecule has 9 nitrogen and oxygen atoms in total. The van der Waals surface area contributed by atoms with Crippen LogP contribution in [0, 0.1) is 5.82 Å². The van der Waals surface area contributed by atoms with Crippen molar-refractivity contribution < 1.29 is 28.6 Å². The zero-order valence-electron chi connectivity index (χ0n) is 15.7. The summed E-state index contributed by atoms with van der Waals surface area (Å²) in [5, 5.41) is 15.9. The van der Waals surface area contributed by atoms with Crippen LogP contribution in [0.1, 0.15) is 6.92 Å². The topological polar surface area (TPSA) is 103 Å². The number of halogens is 1. The Morgan fingerprint density at radius 1 is 1.46 bits per heavy atom. The standard InChI is InChI=1S/C18H25FN4O5/c1-12(24)21-9-14-10-23(18(26)28-14)13-2-3-16(15(19)8-13)27-11-17(25)22-6-4-20-5-7-22/h2-3,8,14,17,20,25H,4-7,9-11H2,1H3,(H,21,24)/t14-,17?/m0/s1. The van der Waals surface area contributed by atoms with Gasteiger partial charge < -0.3 is 25.2 Å². The SMILES string of the molecule is CC(=O)NC[C@H]1CN(c2ccc(OCC(O)N3CCNCC3)c(F)c2)C(=O)O1. The first kappa shape index (κ1) is 20.3. The summed E-state index contributed by atoms with van der Waals surface area (Å²) in [7, 11) is 0. The number of aliphatic hydroxyl groups is 1. The third-order valence-electron chi connectivity index (χ3n) is 4.64. The molecule has 2 atom stereocenters. The summed E-state index contributed by atoms with van der Waals surface area (Å²) < 4.78 is 25.0. The Kier molecular flexibility index (Phi) is 6.65. The highest BCUT2D eigenvalue weighted by molar-refractivity contribution is 5.89. The van der Waals surface area contributed by atoms with Crippen molar-refractivity contribution in [3.8, 4) is 5.75 Å². The van der Waals surface area contributed by atoms with E-state index in [-0.39, 0.29) is 31.4 Å². The molecule has 1 aromatic carbocycles. The number of hydrogen-bond acceptors (Lipinski definition) is 7. The van der Waals surface area contributed by atoms with Gasteiger partial charge in [-0.05, 0) is 12.1 Å². The molecular weight excluding hydrogens is 371 g/mol.